The van der Waals surface area contributed by atoms with Crippen molar-refractivity contribution in [1.82, 2.24) is 5.32 Å². The number of ether oxygens (including phenoxy) is 1. The first-order chi connectivity index (χ1) is 7.94. The quantitative estimate of drug-likeness (QED) is 0.799. The van der Waals surface area contributed by atoms with E-state index < -0.39 is 0 Å². The number of hydrogen-bond donors (Lipinski definition) is 2. The first-order valence-corrected chi connectivity index (χ1v) is 6.02. The van der Waals surface area contributed by atoms with Crippen molar-refractivity contribution in [3.8, 4) is 5.75 Å². The zero-order valence-electron chi connectivity index (χ0n) is 11.2. The van der Waals surface area contributed by atoms with E-state index in [1.165, 1.54) is 0 Å². The minimum absolute atomic E-state index is 0.0917. The van der Waals surface area contributed by atoms with Gasteiger partial charge in [0.25, 0.3) is 0 Å². The molecule has 1 aromatic carbocycles. The van der Waals surface area contributed by atoms with Crippen LogP contribution in [-0.4, -0.2) is 24.4 Å². The molecule has 0 aliphatic carbocycles. The summed E-state index contributed by atoms with van der Waals surface area (Å²) in [6.07, 6.45) is 0.951. The average Bonchev–Trinajstić information content (AvgIpc) is 2.28. The molecule has 0 aliphatic rings. The van der Waals surface area contributed by atoms with Crippen LogP contribution < -0.4 is 5.32 Å². The van der Waals surface area contributed by atoms with Gasteiger partial charge >= 0.3 is 0 Å². The Morgan fingerprint density at radius 3 is 2.71 bits per heavy atom. The Labute approximate surface area is 104 Å². The first kappa shape index (κ1) is 14.0. The predicted molar refractivity (Wildman–Crippen MR) is 70.2 cm³/mol. The molecule has 0 aliphatic heterocycles. The number of phenolic OH excluding ortho intramolecular Hbond substituents is 1. The van der Waals surface area contributed by atoms with Crippen LogP contribution in [0.15, 0.2) is 24.3 Å². The number of methoxy groups -OCH3 is 1. The second kappa shape index (κ2) is 6.03. The molecule has 0 radical (unpaired) electrons. The Morgan fingerprint density at radius 2 is 2.12 bits per heavy atom. The molecule has 0 aromatic heterocycles. The number of aromatic hydroxyl groups is 1. The lowest BCUT2D eigenvalue weighted by molar-refractivity contribution is 0.0154. The molecule has 0 spiro atoms. The Kier molecular flexibility index (Phi) is 4.97. The molecule has 0 amide bonds. The molecule has 3 heteroatoms. The maximum absolute atomic E-state index is 9.41. The molecule has 2 N–H and O–H groups in total. The maximum Gasteiger partial charge on any atom is 0.115 e. The summed E-state index contributed by atoms with van der Waals surface area (Å²) in [5.74, 6) is 0.313. The normalized spacial score (nSPS) is 13.6. The minimum atomic E-state index is -0.0917. The number of nitrogens with one attached hydrogen (secondary N) is 1. The molecular formula is C14H23NO2. The minimum Gasteiger partial charge on any atom is -0.508 e. The topological polar surface area (TPSA) is 41.5 Å². The fourth-order valence-corrected chi connectivity index (χ4v) is 1.60. The zero-order chi connectivity index (χ0) is 12.9. The van der Waals surface area contributed by atoms with Crippen LogP contribution >= 0.6 is 0 Å². The molecule has 3 nitrogen and oxygen atoms in total. The van der Waals surface area contributed by atoms with Gasteiger partial charge in [0.2, 0.25) is 0 Å². The van der Waals surface area contributed by atoms with E-state index in [-0.39, 0.29) is 11.6 Å². The highest BCUT2D eigenvalue weighted by atomic mass is 16.5. The van der Waals surface area contributed by atoms with Crippen LogP contribution in [0, 0.1) is 0 Å². The van der Waals surface area contributed by atoms with Crippen molar-refractivity contribution in [3.63, 3.8) is 0 Å². The summed E-state index contributed by atoms with van der Waals surface area (Å²) >= 11 is 0. The van der Waals surface area contributed by atoms with E-state index in [0.29, 0.717) is 5.75 Å². The average molecular weight is 237 g/mol. The van der Waals surface area contributed by atoms with Crippen LogP contribution in [0.25, 0.3) is 0 Å². The van der Waals surface area contributed by atoms with E-state index in [1.54, 1.807) is 19.2 Å². The van der Waals surface area contributed by atoms with Gasteiger partial charge in [-0.2, -0.15) is 0 Å². The van der Waals surface area contributed by atoms with Gasteiger partial charge in [0.1, 0.15) is 5.75 Å². The van der Waals surface area contributed by atoms with Crippen LogP contribution in [0.4, 0.5) is 0 Å². The molecule has 1 rings (SSSR count). The molecule has 1 aromatic rings. The van der Waals surface area contributed by atoms with E-state index in [2.05, 4.69) is 26.1 Å². The standard InChI is InChI=1S/C14H23NO2/c1-11(12-6-5-7-13(16)10-12)15-9-8-14(2,3)17-4/h5-7,10-11,15-16H,8-9H2,1-4H3. The lowest BCUT2D eigenvalue weighted by Crippen LogP contribution is -2.30. The summed E-state index contributed by atoms with van der Waals surface area (Å²) in [6, 6.07) is 7.58. The highest BCUT2D eigenvalue weighted by molar-refractivity contribution is 5.28. The molecule has 96 valence electrons. The zero-order valence-corrected chi connectivity index (χ0v) is 11.2. The monoisotopic (exact) mass is 237 g/mol. The van der Waals surface area contributed by atoms with Crippen molar-refractivity contribution in [2.75, 3.05) is 13.7 Å². The van der Waals surface area contributed by atoms with Crippen LogP contribution in [0.2, 0.25) is 0 Å². The molecule has 0 saturated heterocycles. The number of phenols is 1. The molecule has 0 heterocycles. The van der Waals surface area contributed by atoms with E-state index in [9.17, 15) is 5.11 Å². The van der Waals surface area contributed by atoms with E-state index >= 15 is 0 Å². The molecule has 1 atom stereocenters. The largest absolute Gasteiger partial charge is 0.508 e. The summed E-state index contributed by atoms with van der Waals surface area (Å²) in [7, 11) is 1.73. The fourth-order valence-electron chi connectivity index (χ4n) is 1.60. The van der Waals surface area contributed by atoms with Crippen molar-refractivity contribution in [2.45, 2.75) is 38.8 Å². The van der Waals surface area contributed by atoms with Gasteiger partial charge in [-0.15, -0.1) is 0 Å². The Morgan fingerprint density at radius 1 is 1.41 bits per heavy atom. The number of rotatable bonds is 6. The SMILES string of the molecule is COC(C)(C)CCNC(C)c1cccc(O)c1. The first-order valence-electron chi connectivity index (χ1n) is 6.02. The highest BCUT2D eigenvalue weighted by Crippen LogP contribution is 2.18. The second-order valence-corrected chi connectivity index (χ2v) is 4.98. The van der Waals surface area contributed by atoms with Crippen molar-refractivity contribution in [3.05, 3.63) is 29.8 Å². The van der Waals surface area contributed by atoms with Gasteiger partial charge in [0.05, 0.1) is 5.60 Å². The summed E-state index contributed by atoms with van der Waals surface area (Å²) in [5, 5.41) is 12.8. The third-order valence-electron chi connectivity index (χ3n) is 3.10. The van der Waals surface area contributed by atoms with Crippen LogP contribution in [0.5, 0.6) is 5.75 Å². The van der Waals surface area contributed by atoms with Gasteiger partial charge in [-0.3, -0.25) is 0 Å². The molecule has 0 saturated carbocycles. The third kappa shape index (κ3) is 4.75. The lowest BCUT2D eigenvalue weighted by atomic mass is 10.0. The van der Waals surface area contributed by atoms with Gasteiger partial charge in [0, 0.05) is 13.2 Å². The van der Waals surface area contributed by atoms with Crippen LogP contribution in [0.3, 0.4) is 0 Å². The van der Waals surface area contributed by atoms with Gasteiger partial charge in [0.15, 0.2) is 0 Å². The van der Waals surface area contributed by atoms with Gasteiger partial charge in [-0.05, 0) is 51.4 Å². The van der Waals surface area contributed by atoms with E-state index in [4.69, 9.17) is 4.74 Å². The molecule has 0 fully saturated rings. The second-order valence-electron chi connectivity index (χ2n) is 4.98. The van der Waals surface area contributed by atoms with Crippen molar-refractivity contribution >= 4 is 0 Å². The van der Waals surface area contributed by atoms with Crippen molar-refractivity contribution in [1.29, 1.82) is 0 Å². The van der Waals surface area contributed by atoms with Gasteiger partial charge in [-0.1, -0.05) is 12.1 Å². The molecule has 1 unspecified atom stereocenters. The third-order valence-corrected chi connectivity index (χ3v) is 3.10. The molecule has 17 heavy (non-hydrogen) atoms. The van der Waals surface area contributed by atoms with Crippen LogP contribution in [0.1, 0.15) is 38.8 Å². The van der Waals surface area contributed by atoms with E-state index in [1.807, 2.05) is 12.1 Å². The smallest absolute Gasteiger partial charge is 0.115 e. The molecular weight excluding hydrogens is 214 g/mol. The Bertz CT molecular complexity index is 350. The number of benzene rings is 1. The summed E-state index contributed by atoms with van der Waals surface area (Å²) in [6.45, 7) is 7.13. The predicted octanol–water partition coefficient (Wildman–Crippen LogP) is 2.86. The van der Waals surface area contributed by atoms with E-state index in [0.717, 1.165) is 18.5 Å². The van der Waals surface area contributed by atoms with Crippen molar-refractivity contribution in [2.24, 2.45) is 0 Å². The highest BCUT2D eigenvalue weighted by Gasteiger charge is 2.16. The van der Waals surface area contributed by atoms with Gasteiger partial charge < -0.3 is 15.2 Å². The Balaban J connectivity index is 2.42. The summed E-state index contributed by atoms with van der Waals surface area (Å²) in [4.78, 5) is 0. The summed E-state index contributed by atoms with van der Waals surface area (Å²) in [5.41, 5.74) is 1.01. The van der Waals surface area contributed by atoms with Gasteiger partial charge in [-0.25, -0.2) is 0 Å². The van der Waals surface area contributed by atoms with Crippen LogP contribution in [-0.2, 0) is 4.74 Å². The fraction of sp³-hybridized carbons (Fsp3) is 0.571. The lowest BCUT2D eigenvalue weighted by Gasteiger charge is -2.24. The maximum atomic E-state index is 9.41. The summed E-state index contributed by atoms with van der Waals surface area (Å²) < 4.78 is 5.36. The number of hydrogen-bond acceptors (Lipinski definition) is 3. The molecule has 0 bridgehead atoms. The van der Waals surface area contributed by atoms with Crippen molar-refractivity contribution < 1.29 is 9.84 Å². The Hall–Kier alpha value is -1.06.